The minimum absolute atomic E-state index is 0.0388. The third-order valence-electron chi connectivity index (χ3n) is 5.44. The molecule has 0 bridgehead atoms. The van der Waals surface area contributed by atoms with E-state index >= 15 is 0 Å². The lowest BCUT2D eigenvalue weighted by atomic mass is 10.0. The van der Waals surface area contributed by atoms with Gasteiger partial charge in [-0.15, -0.1) is 0 Å². The normalized spacial score (nSPS) is 18.2. The Labute approximate surface area is 194 Å². The predicted molar refractivity (Wildman–Crippen MR) is 129 cm³/mol. The van der Waals surface area contributed by atoms with Gasteiger partial charge in [0, 0.05) is 34.4 Å². The number of hydrogen-bond acceptors (Lipinski definition) is 3. The second-order valence-electron chi connectivity index (χ2n) is 7.36. The molecule has 5 rings (SSSR count). The van der Waals surface area contributed by atoms with Crippen LogP contribution in [0, 0.1) is 0 Å². The highest BCUT2D eigenvalue weighted by molar-refractivity contribution is 9.10. The average Bonchev–Trinajstić information content (AvgIpc) is 3.40. The Hall–Kier alpha value is -3.03. The molecule has 1 saturated heterocycles. The van der Waals surface area contributed by atoms with E-state index in [1.165, 1.54) is 0 Å². The summed E-state index contributed by atoms with van der Waals surface area (Å²) in [6.45, 7) is 0.617. The second-order valence-corrected chi connectivity index (χ2v) is 8.66. The molecule has 7 heteroatoms. The molecule has 0 amide bonds. The summed E-state index contributed by atoms with van der Waals surface area (Å²) >= 11 is 9.32. The Morgan fingerprint density at radius 1 is 0.903 bits per heavy atom. The van der Waals surface area contributed by atoms with Gasteiger partial charge in [-0.2, -0.15) is 0 Å². The van der Waals surface area contributed by atoms with Crippen LogP contribution in [0.5, 0.6) is 0 Å². The van der Waals surface area contributed by atoms with E-state index in [-0.39, 0.29) is 12.1 Å². The van der Waals surface area contributed by atoms with E-state index in [0.717, 1.165) is 27.2 Å². The summed E-state index contributed by atoms with van der Waals surface area (Å²) in [6.07, 6.45) is 5.73. The van der Waals surface area contributed by atoms with Crippen molar-refractivity contribution < 1.29 is 0 Å². The van der Waals surface area contributed by atoms with Gasteiger partial charge in [-0.1, -0.05) is 28.1 Å². The number of aromatic nitrogens is 3. The lowest BCUT2D eigenvalue weighted by Crippen LogP contribution is -2.30. The highest BCUT2D eigenvalue weighted by atomic mass is 79.9. The topological polar surface area (TPSA) is 46.0 Å². The van der Waals surface area contributed by atoms with Crippen LogP contribution in [0.4, 0.5) is 0 Å². The van der Waals surface area contributed by atoms with E-state index in [9.17, 15) is 0 Å². The molecular weight excluding hydrogens is 470 g/mol. The number of nitrogens with zero attached hydrogens (tertiary/aromatic N) is 4. The van der Waals surface area contributed by atoms with Crippen molar-refractivity contribution in [2.45, 2.75) is 18.6 Å². The van der Waals surface area contributed by atoms with E-state index in [1.807, 2.05) is 48.8 Å². The van der Waals surface area contributed by atoms with Gasteiger partial charge in [0.1, 0.15) is 0 Å². The van der Waals surface area contributed by atoms with Crippen molar-refractivity contribution in [3.05, 3.63) is 113 Å². The zero-order valence-corrected chi connectivity index (χ0v) is 19.0. The number of rotatable bonds is 5. The molecule has 1 aliphatic rings. The van der Waals surface area contributed by atoms with Crippen LogP contribution >= 0.6 is 28.1 Å². The minimum Gasteiger partial charge on any atom is -0.352 e. The Bertz CT molecular complexity index is 1180. The summed E-state index contributed by atoms with van der Waals surface area (Å²) in [4.78, 5) is 11.4. The van der Waals surface area contributed by atoms with Crippen LogP contribution in [-0.4, -0.2) is 24.5 Å². The van der Waals surface area contributed by atoms with Crippen LogP contribution in [0.2, 0.25) is 0 Å². The van der Waals surface area contributed by atoms with Crippen molar-refractivity contribution in [3.63, 3.8) is 0 Å². The molecule has 1 N–H and O–H groups in total. The molecule has 0 spiro atoms. The summed E-state index contributed by atoms with van der Waals surface area (Å²) < 4.78 is 3.27. The van der Waals surface area contributed by atoms with E-state index in [1.54, 1.807) is 0 Å². The maximum Gasteiger partial charge on any atom is 0.170 e. The average molecular weight is 490 g/mol. The zero-order chi connectivity index (χ0) is 21.2. The Balaban J connectivity index is 1.60. The van der Waals surface area contributed by atoms with Crippen LogP contribution in [0.15, 0.2) is 95.9 Å². The smallest absolute Gasteiger partial charge is 0.170 e. The molecule has 1 aliphatic heterocycles. The van der Waals surface area contributed by atoms with Gasteiger partial charge < -0.3 is 14.8 Å². The van der Waals surface area contributed by atoms with E-state index in [2.05, 4.69) is 83.3 Å². The summed E-state index contributed by atoms with van der Waals surface area (Å²) in [5, 5.41) is 4.22. The molecule has 31 heavy (non-hydrogen) atoms. The second kappa shape index (κ2) is 8.61. The molecule has 4 aromatic rings. The quantitative estimate of drug-likeness (QED) is 0.390. The molecule has 0 unspecified atom stereocenters. The van der Waals surface area contributed by atoms with Crippen LogP contribution in [0.3, 0.4) is 0 Å². The third kappa shape index (κ3) is 3.98. The van der Waals surface area contributed by atoms with Crippen molar-refractivity contribution in [2.75, 3.05) is 0 Å². The number of thiocarbonyl (C=S) groups is 1. The number of pyridine rings is 2. The number of hydrogen-bond donors (Lipinski definition) is 1. The molecule has 0 radical (unpaired) electrons. The summed E-state index contributed by atoms with van der Waals surface area (Å²) in [7, 11) is 0. The van der Waals surface area contributed by atoms with Gasteiger partial charge in [-0.3, -0.25) is 9.97 Å². The van der Waals surface area contributed by atoms with Gasteiger partial charge in [0.25, 0.3) is 0 Å². The lowest BCUT2D eigenvalue weighted by Gasteiger charge is -2.28. The standard InChI is InChI=1S/C24H20BrN5S/c25-17-9-11-19(12-10-17)29-15-5-8-21(29)23-22(20-7-2-4-14-27-20)28-24(31)30(23)16-18-6-1-3-13-26-18/h1-15,22-23H,16H2,(H,28,31)/t22-,23+/m0/s1. The first-order valence-corrected chi connectivity index (χ1v) is 11.2. The first-order valence-electron chi connectivity index (χ1n) is 10.0. The molecule has 0 aliphatic carbocycles. The molecule has 1 aromatic carbocycles. The molecule has 3 aromatic heterocycles. The molecular formula is C24H20BrN5S. The van der Waals surface area contributed by atoms with Crippen molar-refractivity contribution in [2.24, 2.45) is 0 Å². The molecule has 154 valence electrons. The van der Waals surface area contributed by atoms with Crippen molar-refractivity contribution >= 4 is 33.3 Å². The zero-order valence-electron chi connectivity index (χ0n) is 16.6. The Morgan fingerprint density at radius 3 is 2.39 bits per heavy atom. The van der Waals surface area contributed by atoms with Crippen LogP contribution in [0.25, 0.3) is 5.69 Å². The predicted octanol–water partition coefficient (Wildman–Crippen LogP) is 5.20. The van der Waals surface area contributed by atoms with Crippen LogP contribution in [0.1, 0.15) is 29.2 Å². The summed E-state index contributed by atoms with van der Waals surface area (Å²) in [5.41, 5.74) is 4.17. The van der Waals surface area contributed by atoms with Gasteiger partial charge in [0.15, 0.2) is 5.11 Å². The molecule has 2 atom stereocenters. The van der Waals surface area contributed by atoms with Gasteiger partial charge in [0.2, 0.25) is 0 Å². The number of halogens is 1. The molecule has 0 saturated carbocycles. The van der Waals surface area contributed by atoms with Crippen LogP contribution < -0.4 is 5.32 Å². The summed E-state index contributed by atoms with van der Waals surface area (Å²) in [5.74, 6) is 0. The van der Waals surface area contributed by atoms with Crippen molar-refractivity contribution in [1.82, 2.24) is 24.8 Å². The molecule has 5 nitrogen and oxygen atoms in total. The lowest BCUT2D eigenvalue weighted by molar-refractivity contribution is 0.299. The molecule has 1 fully saturated rings. The monoisotopic (exact) mass is 489 g/mol. The number of benzene rings is 1. The first-order chi connectivity index (χ1) is 15.2. The molecule has 4 heterocycles. The van der Waals surface area contributed by atoms with Gasteiger partial charge in [0.05, 0.1) is 30.0 Å². The van der Waals surface area contributed by atoms with E-state index in [4.69, 9.17) is 12.2 Å². The maximum absolute atomic E-state index is 5.79. The first kappa shape index (κ1) is 19.9. The summed E-state index contributed by atoms with van der Waals surface area (Å²) in [6, 6.07) is 24.4. The Morgan fingerprint density at radius 2 is 1.68 bits per heavy atom. The highest BCUT2D eigenvalue weighted by Gasteiger charge is 2.41. The fraction of sp³-hybridized carbons (Fsp3) is 0.125. The Kier molecular flexibility index (Phi) is 5.53. The highest BCUT2D eigenvalue weighted by Crippen LogP contribution is 2.40. The van der Waals surface area contributed by atoms with Crippen LogP contribution in [-0.2, 0) is 6.54 Å². The van der Waals surface area contributed by atoms with Crippen molar-refractivity contribution in [3.8, 4) is 5.69 Å². The SMILES string of the molecule is S=C1N[C@@H](c2ccccn2)[C@@H](c2cccn2-c2ccc(Br)cc2)N1Cc1ccccn1. The van der Waals surface area contributed by atoms with Gasteiger partial charge in [-0.25, -0.2) is 0 Å². The third-order valence-corrected chi connectivity index (χ3v) is 6.33. The van der Waals surface area contributed by atoms with Gasteiger partial charge in [-0.05, 0) is 72.9 Å². The van der Waals surface area contributed by atoms with Crippen molar-refractivity contribution in [1.29, 1.82) is 0 Å². The fourth-order valence-electron chi connectivity index (χ4n) is 4.04. The van der Waals surface area contributed by atoms with E-state index in [0.29, 0.717) is 11.7 Å². The maximum atomic E-state index is 5.79. The minimum atomic E-state index is -0.0680. The van der Waals surface area contributed by atoms with Gasteiger partial charge >= 0.3 is 0 Å². The fourth-order valence-corrected chi connectivity index (χ4v) is 4.60. The van der Waals surface area contributed by atoms with E-state index < -0.39 is 0 Å². The largest absolute Gasteiger partial charge is 0.352 e. The number of nitrogens with one attached hydrogen (secondary N) is 1.